The number of alkyl halides is 3. The van der Waals surface area contributed by atoms with Gasteiger partial charge < -0.3 is 15.4 Å². The summed E-state index contributed by atoms with van der Waals surface area (Å²) in [6.07, 6.45) is -6.12. The van der Waals surface area contributed by atoms with E-state index in [0.717, 1.165) is 12.1 Å². The van der Waals surface area contributed by atoms with Crippen LogP contribution in [-0.4, -0.2) is 34.3 Å². The highest BCUT2D eigenvalue weighted by Crippen LogP contribution is 2.48. The molecule has 1 fully saturated rings. The highest BCUT2D eigenvalue weighted by molar-refractivity contribution is 5.91. The van der Waals surface area contributed by atoms with E-state index in [4.69, 9.17) is 0 Å². The maximum Gasteiger partial charge on any atom is 0.417 e. The van der Waals surface area contributed by atoms with Gasteiger partial charge in [-0.2, -0.15) is 13.2 Å². The fourth-order valence-corrected chi connectivity index (χ4v) is 4.02. The minimum atomic E-state index is -4.80. The lowest BCUT2D eigenvalue weighted by Gasteiger charge is -2.43. The maximum absolute atomic E-state index is 14.3. The second kappa shape index (κ2) is 7.84. The number of hydrogen-bond acceptors (Lipinski definition) is 2. The van der Waals surface area contributed by atoms with Gasteiger partial charge in [-0.15, -0.1) is 0 Å². The fourth-order valence-electron chi connectivity index (χ4n) is 4.02. The van der Waals surface area contributed by atoms with Crippen LogP contribution < -0.4 is 5.32 Å². The number of aromatic amines is 1. The first-order valence-electron chi connectivity index (χ1n) is 9.81. The van der Waals surface area contributed by atoms with E-state index in [1.165, 1.54) is 24.3 Å². The van der Waals surface area contributed by atoms with E-state index in [1.54, 1.807) is 0 Å². The summed E-state index contributed by atoms with van der Waals surface area (Å²) < 4.78 is 79.6. The number of aromatic nitrogens is 1. The SMILES string of the molecule is O=C(NCCc1c(-c2ccc(F)cc2)[nH]c2c(F)cc(F)cc12)C1CC(O)(C(F)(F)F)C1. The number of amides is 1. The summed E-state index contributed by atoms with van der Waals surface area (Å²) in [6.45, 7) is -0.0148. The zero-order chi connectivity index (χ0) is 23.3. The predicted molar refractivity (Wildman–Crippen MR) is 104 cm³/mol. The van der Waals surface area contributed by atoms with E-state index in [2.05, 4.69) is 10.3 Å². The molecular weight excluding hydrogens is 438 g/mol. The van der Waals surface area contributed by atoms with Crippen LogP contribution in [-0.2, 0) is 11.2 Å². The molecule has 3 N–H and O–H groups in total. The molecule has 0 atom stereocenters. The van der Waals surface area contributed by atoms with Gasteiger partial charge in [0.2, 0.25) is 5.91 Å². The van der Waals surface area contributed by atoms with Crippen LogP contribution in [0, 0.1) is 23.4 Å². The van der Waals surface area contributed by atoms with Gasteiger partial charge in [0.15, 0.2) is 5.60 Å². The Morgan fingerprint density at radius 1 is 1.09 bits per heavy atom. The molecule has 0 aliphatic heterocycles. The summed E-state index contributed by atoms with van der Waals surface area (Å²) in [5, 5.41) is 12.2. The quantitative estimate of drug-likeness (QED) is 0.491. The van der Waals surface area contributed by atoms with Gasteiger partial charge in [0.1, 0.15) is 17.5 Å². The Kier molecular flexibility index (Phi) is 5.44. The molecule has 0 radical (unpaired) electrons. The van der Waals surface area contributed by atoms with Crippen molar-refractivity contribution in [3.8, 4) is 11.3 Å². The number of nitrogens with one attached hydrogen (secondary N) is 2. The number of carbonyl (C=O) groups excluding carboxylic acids is 1. The zero-order valence-electron chi connectivity index (χ0n) is 16.5. The Morgan fingerprint density at radius 2 is 1.75 bits per heavy atom. The predicted octanol–water partition coefficient (Wildman–Crippen LogP) is 4.61. The lowest BCUT2D eigenvalue weighted by molar-refractivity contribution is -0.296. The summed E-state index contributed by atoms with van der Waals surface area (Å²) in [6, 6.07) is 7.20. The number of H-pyrrole nitrogens is 1. The van der Waals surface area contributed by atoms with Crippen molar-refractivity contribution in [3.05, 3.63) is 59.4 Å². The van der Waals surface area contributed by atoms with Crippen LogP contribution in [0.4, 0.5) is 26.3 Å². The summed E-state index contributed by atoms with van der Waals surface area (Å²) in [5.41, 5.74) is -1.42. The van der Waals surface area contributed by atoms with Gasteiger partial charge in [-0.05, 0) is 60.7 Å². The van der Waals surface area contributed by atoms with E-state index in [1.807, 2.05) is 0 Å². The molecule has 4 nitrogen and oxygen atoms in total. The van der Waals surface area contributed by atoms with Gasteiger partial charge in [0, 0.05) is 29.6 Å². The third-order valence-electron chi connectivity index (χ3n) is 5.81. The molecule has 1 saturated carbocycles. The van der Waals surface area contributed by atoms with Gasteiger partial charge in [-0.25, -0.2) is 13.2 Å². The van der Waals surface area contributed by atoms with Crippen molar-refractivity contribution >= 4 is 16.8 Å². The normalized spacial score (nSPS) is 20.9. The summed E-state index contributed by atoms with van der Waals surface area (Å²) >= 11 is 0. The van der Waals surface area contributed by atoms with Crippen LogP contribution in [0.3, 0.4) is 0 Å². The lowest BCUT2D eigenvalue weighted by Crippen LogP contribution is -2.58. The first-order chi connectivity index (χ1) is 15.0. The second-order valence-corrected chi connectivity index (χ2v) is 7.97. The monoisotopic (exact) mass is 456 g/mol. The molecule has 1 aliphatic carbocycles. The molecule has 1 aliphatic rings. The largest absolute Gasteiger partial charge is 0.417 e. The number of halogens is 6. The Bertz CT molecular complexity index is 1160. The highest BCUT2D eigenvalue weighted by Gasteiger charge is 2.62. The maximum atomic E-state index is 14.3. The smallest absolute Gasteiger partial charge is 0.380 e. The molecule has 10 heteroatoms. The van der Waals surface area contributed by atoms with Crippen molar-refractivity contribution in [1.82, 2.24) is 10.3 Å². The zero-order valence-corrected chi connectivity index (χ0v) is 16.5. The van der Waals surface area contributed by atoms with Gasteiger partial charge in [0.25, 0.3) is 0 Å². The molecular formula is C22H18F6N2O2. The van der Waals surface area contributed by atoms with Crippen molar-refractivity contribution in [2.75, 3.05) is 6.54 Å². The summed E-state index contributed by atoms with van der Waals surface area (Å²) in [7, 11) is 0. The molecule has 4 rings (SSSR count). The Hall–Kier alpha value is -3.01. The van der Waals surface area contributed by atoms with Crippen molar-refractivity contribution < 1.29 is 36.2 Å². The number of carbonyl (C=O) groups is 1. The average molecular weight is 456 g/mol. The number of aliphatic hydroxyl groups is 1. The van der Waals surface area contributed by atoms with Gasteiger partial charge in [-0.3, -0.25) is 4.79 Å². The fraction of sp³-hybridized carbons (Fsp3) is 0.318. The van der Waals surface area contributed by atoms with Crippen molar-refractivity contribution in [2.24, 2.45) is 5.92 Å². The van der Waals surface area contributed by atoms with E-state index < -0.39 is 53.9 Å². The van der Waals surface area contributed by atoms with Gasteiger partial charge >= 0.3 is 6.18 Å². The summed E-state index contributed by atoms with van der Waals surface area (Å²) in [4.78, 5) is 15.0. The van der Waals surface area contributed by atoms with Crippen molar-refractivity contribution in [2.45, 2.75) is 31.0 Å². The van der Waals surface area contributed by atoms with Gasteiger partial charge in [0.05, 0.1) is 5.52 Å². The van der Waals surface area contributed by atoms with Crippen LogP contribution in [0.25, 0.3) is 22.2 Å². The minimum absolute atomic E-state index is 0.0148. The third kappa shape index (κ3) is 3.94. The highest BCUT2D eigenvalue weighted by atomic mass is 19.4. The van der Waals surface area contributed by atoms with Crippen LogP contribution in [0.15, 0.2) is 36.4 Å². The summed E-state index contributed by atoms with van der Waals surface area (Å²) in [5.74, 6) is -3.71. The molecule has 1 heterocycles. The molecule has 3 aromatic rings. The first-order valence-corrected chi connectivity index (χ1v) is 9.81. The van der Waals surface area contributed by atoms with Crippen molar-refractivity contribution in [3.63, 3.8) is 0 Å². The number of benzene rings is 2. The van der Waals surface area contributed by atoms with E-state index >= 15 is 0 Å². The molecule has 0 spiro atoms. The minimum Gasteiger partial charge on any atom is -0.380 e. The Labute approximate surface area is 178 Å². The first kappa shape index (κ1) is 22.2. The molecule has 0 unspecified atom stereocenters. The third-order valence-corrected chi connectivity index (χ3v) is 5.81. The van der Waals surface area contributed by atoms with Crippen molar-refractivity contribution in [1.29, 1.82) is 0 Å². The van der Waals surface area contributed by atoms with Crippen LogP contribution in [0.1, 0.15) is 18.4 Å². The number of hydrogen-bond donors (Lipinski definition) is 3. The van der Waals surface area contributed by atoms with Gasteiger partial charge in [-0.1, -0.05) is 0 Å². The number of fused-ring (bicyclic) bond motifs is 1. The lowest BCUT2D eigenvalue weighted by atomic mass is 9.70. The molecule has 32 heavy (non-hydrogen) atoms. The second-order valence-electron chi connectivity index (χ2n) is 7.97. The van der Waals surface area contributed by atoms with E-state index in [-0.39, 0.29) is 23.9 Å². The molecule has 2 aromatic carbocycles. The average Bonchev–Trinajstić information content (AvgIpc) is 3.04. The molecule has 170 valence electrons. The standard InChI is InChI=1S/C22H18F6N2O2/c23-13-3-1-11(2-4-13)18-15(16-7-14(24)8-17(25)19(16)30-18)5-6-29-20(31)12-9-21(32,10-12)22(26,27)28/h1-4,7-8,12,30,32H,5-6,9-10H2,(H,29,31). The van der Waals surface area contributed by atoms with E-state index in [0.29, 0.717) is 16.8 Å². The topological polar surface area (TPSA) is 65.1 Å². The Balaban J connectivity index is 1.53. The Morgan fingerprint density at radius 3 is 2.38 bits per heavy atom. The molecule has 0 saturated heterocycles. The number of rotatable bonds is 5. The molecule has 1 aromatic heterocycles. The molecule has 0 bridgehead atoms. The van der Waals surface area contributed by atoms with Crippen LogP contribution in [0.5, 0.6) is 0 Å². The molecule has 1 amide bonds. The van der Waals surface area contributed by atoms with Crippen LogP contribution in [0.2, 0.25) is 0 Å². The van der Waals surface area contributed by atoms with E-state index in [9.17, 15) is 36.2 Å². The van der Waals surface area contributed by atoms with Crippen LogP contribution >= 0.6 is 0 Å².